The topological polar surface area (TPSA) is 199 Å². The molecule has 0 amide bonds. The Morgan fingerprint density at radius 2 is 1.35 bits per heavy atom. The average molecular weight is 815 g/mol. The molecule has 0 saturated carbocycles. The van der Waals surface area contributed by atoms with E-state index in [1.54, 1.807) is 53.2 Å². The Labute approximate surface area is 325 Å². The first-order valence-corrected chi connectivity index (χ1v) is 21.3. The number of nitrogens with zero attached hydrogens (tertiary/aromatic N) is 4. The van der Waals surface area contributed by atoms with Gasteiger partial charge in [0.15, 0.2) is 19.7 Å². The molecule has 4 heterocycles. The molecule has 16 heteroatoms. The van der Waals surface area contributed by atoms with Gasteiger partial charge in [-0.15, -0.1) is 0 Å². The predicted molar refractivity (Wildman–Crippen MR) is 205 cm³/mol. The molecular formula is C39H31ClN4O8S3. The number of aliphatic carboxylic acids is 2. The summed E-state index contributed by atoms with van der Waals surface area (Å²) in [6, 6.07) is 20.7. The van der Waals surface area contributed by atoms with Crippen LogP contribution in [0.3, 0.4) is 0 Å². The van der Waals surface area contributed by atoms with Gasteiger partial charge in [-0.05, 0) is 96.3 Å². The van der Waals surface area contributed by atoms with Crippen molar-refractivity contribution in [2.45, 2.75) is 51.8 Å². The van der Waals surface area contributed by atoms with Crippen LogP contribution >= 0.6 is 23.4 Å². The summed E-state index contributed by atoms with van der Waals surface area (Å²) >= 11 is 7.68. The van der Waals surface area contributed by atoms with Crippen LogP contribution in [0.25, 0.3) is 11.0 Å². The van der Waals surface area contributed by atoms with Gasteiger partial charge in [-0.25, -0.2) is 16.8 Å². The lowest BCUT2D eigenvalue weighted by Crippen LogP contribution is -2.27. The van der Waals surface area contributed by atoms with E-state index in [1.807, 2.05) is 0 Å². The molecule has 2 unspecified atom stereocenters. The van der Waals surface area contributed by atoms with E-state index in [0.717, 1.165) is 24.3 Å². The first kappa shape index (κ1) is 39.1. The molecule has 4 aromatic heterocycles. The average Bonchev–Trinajstić information content (AvgIpc) is 3.54. The van der Waals surface area contributed by atoms with Crippen molar-refractivity contribution in [3.8, 4) is 12.1 Å². The Kier molecular flexibility index (Phi) is 10.4. The number of fused-ring (bicyclic) bond motifs is 2. The predicted octanol–water partition coefficient (Wildman–Crippen LogP) is 6.79. The largest absolute Gasteiger partial charge is 0.481 e. The minimum atomic E-state index is -3.56. The molecule has 55 heavy (non-hydrogen) atoms. The molecule has 2 atom stereocenters. The molecule has 0 spiro atoms. The number of carbonyl (C=O) groups is 2. The van der Waals surface area contributed by atoms with Gasteiger partial charge in [0, 0.05) is 47.4 Å². The van der Waals surface area contributed by atoms with Crippen molar-refractivity contribution in [2.75, 3.05) is 12.5 Å². The Bertz CT molecular complexity index is 2900. The third-order valence-corrected chi connectivity index (χ3v) is 13.5. The fourth-order valence-electron chi connectivity index (χ4n) is 6.92. The number of rotatable bonds is 11. The number of carboxylic acid groups (broad SMARTS) is 2. The van der Waals surface area contributed by atoms with Crippen LogP contribution < -0.4 is 0 Å². The van der Waals surface area contributed by atoms with Crippen LogP contribution in [0.5, 0.6) is 0 Å². The highest BCUT2D eigenvalue weighted by atomic mass is 35.5. The zero-order valence-corrected chi connectivity index (χ0v) is 32.8. The van der Waals surface area contributed by atoms with Crippen LogP contribution in [-0.2, 0) is 35.7 Å². The van der Waals surface area contributed by atoms with Gasteiger partial charge in [0.25, 0.3) is 0 Å². The zero-order chi connectivity index (χ0) is 40.1. The van der Waals surface area contributed by atoms with Crippen LogP contribution in [0.2, 0.25) is 5.02 Å². The number of aromatic nitrogens is 2. The van der Waals surface area contributed by atoms with Crippen molar-refractivity contribution in [3.63, 3.8) is 0 Å². The van der Waals surface area contributed by atoms with Gasteiger partial charge >= 0.3 is 11.9 Å². The van der Waals surface area contributed by atoms with E-state index in [2.05, 4.69) is 12.1 Å². The number of sulfone groups is 2. The second-order valence-electron chi connectivity index (χ2n) is 13.1. The summed E-state index contributed by atoms with van der Waals surface area (Å²) in [5.74, 6) is -6.27. The maximum Gasteiger partial charge on any atom is 0.312 e. The molecule has 6 rings (SSSR count). The molecule has 2 N–H and O–H groups in total. The molecule has 0 saturated heterocycles. The fraction of sp³-hybridized carbons (Fsp3) is 0.179. The minimum absolute atomic E-state index is 0.00974. The van der Waals surface area contributed by atoms with Gasteiger partial charge < -0.3 is 19.0 Å². The van der Waals surface area contributed by atoms with Crippen molar-refractivity contribution < 1.29 is 36.6 Å². The zero-order valence-electron chi connectivity index (χ0n) is 29.6. The lowest BCUT2D eigenvalue weighted by atomic mass is 9.79. The number of carboxylic acids is 2. The van der Waals surface area contributed by atoms with Gasteiger partial charge in [0.05, 0.1) is 42.6 Å². The smallest absolute Gasteiger partial charge is 0.312 e. The summed E-state index contributed by atoms with van der Waals surface area (Å²) < 4.78 is 51.8. The van der Waals surface area contributed by atoms with E-state index in [4.69, 9.17) is 11.6 Å². The van der Waals surface area contributed by atoms with Crippen LogP contribution in [0.15, 0.2) is 98.8 Å². The van der Waals surface area contributed by atoms with Crippen molar-refractivity contribution in [1.29, 1.82) is 10.5 Å². The van der Waals surface area contributed by atoms with E-state index in [0.29, 0.717) is 37.8 Å². The third-order valence-electron chi connectivity index (χ3n) is 9.53. The molecule has 0 radical (unpaired) electrons. The molecule has 0 aliphatic rings. The van der Waals surface area contributed by atoms with Crippen molar-refractivity contribution in [1.82, 2.24) is 8.80 Å². The molecule has 6 aromatic rings. The van der Waals surface area contributed by atoms with Crippen molar-refractivity contribution >= 4 is 66.0 Å². The number of hydrogen-bond donors (Lipinski definition) is 2. The second-order valence-corrected chi connectivity index (χ2v) is 18.6. The normalized spacial score (nSPS) is 13.0. The Morgan fingerprint density at radius 3 is 1.89 bits per heavy atom. The van der Waals surface area contributed by atoms with E-state index in [9.17, 15) is 47.2 Å². The van der Waals surface area contributed by atoms with Crippen molar-refractivity contribution in [3.05, 3.63) is 129 Å². The lowest BCUT2D eigenvalue weighted by Gasteiger charge is -2.22. The summed E-state index contributed by atoms with van der Waals surface area (Å²) in [5.41, 5.74) is 3.59. The fourth-order valence-corrected chi connectivity index (χ4v) is 9.58. The standard InChI is InChI=1S/C39H31ClN4O8S3/c1-21-30(15-23-5-8-26(9-6-23)54(3,49)50)44-20-25(19-42)7-11-29(44)33(21)35(38(45)46)36(39(47)48)34-22(2)37(43-14-13-24(18-41)16-31(34)43)53-32-12-10-27(17-28(32)40)55(4,51)52/h5-14,16-17,20,35-36H,15H2,1-4H3,(H,45,46)(H,47,48). The van der Waals surface area contributed by atoms with Gasteiger partial charge in [-0.1, -0.05) is 35.5 Å². The Hall–Kier alpha value is -5.58. The van der Waals surface area contributed by atoms with Gasteiger partial charge in [0.1, 0.15) is 17.9 Å². The summed E-state index contributed by atoms with van der Waals surface area (Å²) in [5, 5.41) is 42.2. The molecule has 0 fully saturated rings. The lowest BCUT2D eigenvalue weighted by molar-refractivity contribution is -0.147. The minimum Gasteiger partial charge on any atom is -0.481 e. The number of hydrogen-bond acceptors (Lipinski definition) is 9. The molecule has 0 aliphatic heterocycles. The summed E-state index contributed by atoms with van der Waals surface area (Å²) in [6.45, 7) is 3.34. The van der Waals surface area contributed by atoms with Gasteiger partial charge in [0.2, 0.25) is 0 Å². The first-order chi connectivity index (χ1) is 25.8. The molecule has 0 bridgehead atoms. The quantitative estimate of drug-likeness (QED) is 0.140. The third kappa shape index (κ3) is 7.32. The summed E-state index contributed by atoms with van der Waals surface area (Å²) in [4.78, 5) is 27.7. The Balaban J connectivity index is 1.58. The maximum atomic E-state index is 13.6. The van der Waals surface area contributed by atoms with Crippen molar-refractivity contribution in [2.24, 2.45) is 0 Å². The monoisotopic (exact) mass is 814 g/mol. The van der Waals surface area contributed by atoms with E-state index in [-0.39, 0.29) is 49.0 Å². The van der Waals surface area contributed by atoms with Crippen LogP contribution in [0, 0.1) is 36.5 Å². The molecular weight excluding hydrogens is 784 g/mol. The number of nitriles is 2. The van der Waals surface area contributed by atoms with Gasteiger partial charge in [-0.3, -0.25) is 9.59 Å². The Morgan fingerprint density at radius 1 is 0.764 bits per heavy atom. The van der Waals surface area contributed by atoms with Crippen LogP contribution in [0.1, 0.15) is 56.5 Å². The number of benzene rings is 2. The molecule has 0 aliphatic carbocycles. The van der Waals surface area contributed by atoms with E-state index >= 15 is 0 Å². The van der Waals surface area contributed by atoms with E-state index in [1.165, 1.54) is 48.5 Å². The summed E-state index contributed by atoms with van der Waals surface area (Å²) in [7, 11) is -7.03. The highest BCUT2D eigenvalue weighted by Crippen LogP contribution is 2.47. The summed E-state index contributed by atoms with van der Waals surface area (Å²) in [6.07, 6.45) is 5.47. The molecule has 12 nitrogen and oxygen atoms in total. The molecule has 2 aromatic carbocycles. The molecule has 280 valence electrons. The number of pyridine rings is 2. The first-order valence-electron chi connectivity index (χ1n) is 16.4. The maximum absolute atomic E-state index is 13.6. The second kappa shape index (κ2) is 14.6. The van der Waals surface area contributed by atoms with Gasteiger partial charge in [-0.2, -0.15) is 10.5 Å². The number of halogens is 1. The van der Waals surface area contributed by atoms with Crippen LogP contribution in [0.4, 0.5) is 0 Å². The van der Waals surface area contributed by atoms with E-state index < -0.39 is 43.4 Å². The highest BCUT2D eigenvalue weighted by molar-refractivity contribution is 7.99. The highest BCUT2D eigenvalue weighted by Gasteiger charge is 2.42. The van der Waals surface area contributed by atoms with Crippen LogP contribution in [-0.4, -0.2) is 60.3 Å². The SMILES string of the molecule is Cc1c(C(C(=O)O)C(C(=O)O)c2c(C)c(Sc3ccc(S(C)(=O)=O)cc3Cl)n3ccc(C#N)cc23)c2ccc(C#N)cn2c1Cc1ccc(S(C)(=O)=O)cc1.